The fourth-order valence-electron chi connectivity index (χ4n) is 2.94. The van der Waals surface area contributed by atoms with Crippen LogP contribution in [0.2, 0.25) is 5.02 Å². The highest BCUT2D eigenvalue weighted by molar-refractivity contribution is 7.80. The lowest BCUT2D eigenvalue weighted by molar-refractivity contribution is -0.113. The molecule has 7 heteroatoms. The molecule has 5 nitrogen and oxygen atoms in total. The number of anilines is 1. The van der Waals surface area contributed by atoms with Crippen molar-refractivity contribution in [2.24, 2.45) is 0 Å². The number of hydrogen-bond acceptors (Lipinski definition) is 4. The Labute approximate surface area is 161 Å². The highest BCUT2D eigenvalue weighted by Gasteiger charge is 2.32. The maximum absolute atomic E-state index is 12.9. The van der Waals surface area contributed by atoms with Gasteiger partial charge in [-0.3, -0.25) is 9.69 Å². The van der Waals surface area contributed by atoms with Crippen molar-refractivity contribution in [3.8, 4) is 11.5 Å². The SMILES string of the molecule is Cc1cc(Cl)ccc1N1C(=O)/C(=C\c2ccc3c(c2)OCCO3)NC1=S. The van der Waals surface area contributed by atoms with Gasteiger partial charge in [-0.25, -0.2) is 0 Å². The van der Waals surface area contributed by atoms with Crippen LogP contribution in [-0.2, 0) is 4.79 Å². The van der Waals surface area contributed by atoms with Gasteiger partial charge >= 0.3 is 0 Å². The molecule has 0 atom stereocenters. The van der Waals surface area contributed by atoms with Crippen molar-refractivity contribution in [3.63, 3.8) is 0 Å². The lowest BCUT2D eigenvalue weighted by Crippen LogP contribution is -2.30. The number of halogens is 1. The zero-order chi connectivity index (χ0) is 18.3. The van der Waals surface area contributed by atoms with E-state index in [0.29, 0.717) is 46.2 Å². The standard InChI is InChI=1S/C19H15ClN2O3S/c1-11-8-13(20)3-4-15(11)22-18(23)14(21-19(22)26)9-12-2-5-16-17(10-12)25-7-6-24-16/h2-5,8-10H,6-7H2,1H3,(H,21,26)/b14-9+. The molecule has 0 aliphatic carbocycles. The van der Waals surface area contributed by atoms with Gasteiger partial charge in [0.05, 0.1) is 5.69 Å². The van der Waals surface area contributed by atoms with Crippen LogP contribution in [0.5, 0.6) is 11.5 Å². The van der Waals surface area contributed by atoms with Gasteiger partial charge in [0.2, 0.25) is 0 Å². The number of aryl methyl sites for hydroxylation is 1. The Hall–Kier alpha value is -2.57. The lowest BCUT2D eigenvalue weighted by Gasteiger charge is -2.18. The third-order valence-electron chi connectivity index (χ3n) is 4.16. The van der Waals surface area contributed by atoms with Gasteiger partial charge in [0.15, 0.2) is 16.6 Å². The number of ether oxygens (including phenoxy) is 2. The fourth-order valence-corrected chi connectivity index (χ4v) is 3.46. The fraction of sp³-hybridized carbons (Fsp3) is 0.158. The van der Waals surface area contributed by atoms with Crippen molar-refractivity contribution in [3.05, 3.63) is 58.2 Å². The van der Waals surface area contributed by atoms with Gasteiger partial charge in [-0.15, -0.1) is 0 Å². The van der Waals surface area contributed by atoms with Crippen molar-refractivity contribution < 1.29 is 14.3 Å². The number of rotatable bonds is 2. The molecular formula is C19H15ClN2O3S. The summed E-state index contributed by atoms with van der Waals surface area (Å²) in [5.74, 6) is 1.16. The van der Waals surface area contributed by atoms with E-state index in [0.717, 1.165) is 11.1 Å². The first-order valence-electron chi connectivity index (χ1n) is 8.06. The lowest BCUT2D eigenvalue weighted by atomic mass is 10.1. The van der Waals surface area contributed by atoms with Crippen LogP contribution in [-0.4, -0.2) is 24.2 Å². The molecule has 0 saturated carbocycles. The van der Waals surface area contributed by atoms with Crippen LogP contribution >= 0.6 is 23.8 Å². The minimum Gasteiger partial charge on any atom is -0.486 e. The van der Waals surface area contributed by atoms with Crippen molar-refractivity contribution in [1.29, 1.82) is 0 Å². The van der Waals surface area contributed by atoms with E-state index in [4.69, 9.17) is 33.3 Å². The zero-order valence-corrected chi connectivity index (χ0v) is 15.5. The number of amides is 1. The molecule has 2 aliphatic heterocycles. The normalized spacial score (nSPS) is 17.6. The maximum atomic E-state index is 12.9. The molecule has 4 rings (SSSR count). The van der Waals surface area contributed by atoms with Gasteiger partial charge in [-0.05, 0) is 66.7 Å². The molecule has 26 heavy (non-hydrogen) atoms. The van der Waals surface area contributed by atoms with E-state index in [1.54, 1.807) is 24.3 Å². The van der Waals surface area contributed by atoms with Gasteiger partial charge < -0.3 is 14.8 Å². The predicted octanol–water partition coefficient (Wildman–Crippen LogP) is 3.68. The van der Waals surface area contributed by atoms with E-state index in [2.05, 4.69) is 5.32 Å². The molecule has 2 aliphatic rings. The van der Waals surface area contributed by atoms with Crippen LogP contribution in [0.15, 0.2) is 42.1 Å². The molecule has 0 bridgehead atoms. The van der Waals surface area contributed by atoms with E-state index in [1.165, 1.54) is 4.90 Å². The summed E-state index contributed by atoms with van der Waals surface area (Å²) in [4.78, 5) is 14.3. The second-order valence-electron chi connectivity index (χ2n) is 5.96. The van der Waals surface area contributed by atoms with Crippen molar-refractivity contribution in [2.75, 3.05) is 18.1 Å². The Morgan fingerprint density at radius 3 is 2.69 bits per heavy atom. The molecular weight excluding hydrogens is 372 g/mol. The van der Waals surface area contributed by atoms with Crippen molar-refractivity contribution >= 4 is 46.6 Å². The van der Waals surface area contributed by atoms with Crippen LogP contribution in [0, 0.1) is 6.92 Å². The van der Waals surface area contributed by atoms with E-state index >= 15 is 0 Å². The topological polar surface area (TPSA) is 50.8 Å². The second-order valence-corrected chi connectivity index (χ2v) is 6.79. The zero-order valence-electron chi connectivity index (χ0n) is 13.9. The number of nitrogens with zero attached hydrogens (tertiary/aromatic N) is 1. The number of fused-ring (bicyclic) bond motifs is 1. The van der Waals surface area contributed by atoms with Gasteiger partial charge in [-0.1, -0.05) is 17.7 Å². The molecule has 1 fully saturated rings. The molecule has 132 valence electrons. The van der Waals surface area contributed by atoms with Crippen molar-refractivity contribution in [2.45, 2.75) is 6.92 Å². The van der Waals surface area contributed by atoms with Crippen LogP contribution in [0.25, 0.3) is 6.08 Å². The summed E-state index contributed by atoms with van der Waals surface area (Å²) in [7, 11) is 0. The number of thiocarbonyl (C=S) groups is 1. The second kappa shape index (κ2) is 6.63. The summed E-state index contributed by atoms with van der Waals surface area (Å²) >= 11 is 11.4. The van der Waals surface area contributed by atoms with Gasteiger partial charge in [0, 0.05) is 5.02 Å². The average Bonchev–Trinajstić information content (AvgIpc) is 2.89. The molecule has 2 aromatic rings. The third kappa shape index (κ3) is 3.02. The largest absolute Gasteiger partial charge is 0.486 e. The molecule has 0 aromatic heterocycles. The Kier molecular flexibility index (Phi) is 4.30. The minimum atomic E-state index is -0.213. The number of nitrogens with one attached hydrogen (secondary N) is 1. The molecule has 0 unspecified atom stereocenters. The summed E-state index contributed by atoms with van der Waals surface area (Å²) in [6, 6.07) is 10.9. The summed E-state index contributed by atoms with van der Waals surface area (Å²) < 4.78 is 11.1. The number of hydrogen-bond donors (Lipinski definition) is 1. The Balaban J connectivity index is 1.65. The van der Waals surface area contributed by atoms with Crippen LogP contribution < -0.4 is 19.7 Å². The Bertz CT molecular complexity index is 958. The smallest absolute Gasteiger partial charge is 0.281 e. The minimum absolute atomic E-state index is 0.213. The highest BCUT2D eigenvalue weighted by atomic mass is 35.5. The number of carbonyl (C=O) groups excluding carboxylic acids is 1. The predicted molar refractivity (Wildman–Crippen MR) is 105 cm³/mol. The molecule has 1 amide bonds. The van der Waals surface area contributed by atoms with Gasteiger partial charge in [0.25, 0.3) is 5.91 Å². The third-order valence-corrected chi connectivity index (χ3v) is 4.67. The highest BCUT2D eigenvalue weighted by Crippen LogP contribution is 2.32. The maximum Gasteiger partial charge on any atom is 0.281 e. The summed E-state index contributed by atoms with van der Waals surface area (Å²) in [5.41, 5.74) is 2.81. The molecule has 2 aromatic carbocycles. The first kappa shape index (κ1) is 16.9. The van der Waals surface area contributed by atoms with E-state index in [-0.39, 0.29) is 5.91 Å². The Morgan fingerprint density at radius 1 is 1.15 bits per heavy atom. The molecule has 1 saturated heterocycles. The first-order chi connectivity index (χ1) is 12.5. The van der Waals surface area contributed by atoms with Crippen molar-refractivity contribution in [1.82, 2.24) is 5.32 Å². The van der Waals surface area contributed by atoms with E-state index in [9.17, 15) is 4.79 Å². The summed E-state index contributed by atoms with van der Waals surface area (Å²) in [5, 5.41) is 3.94. The van der Waals surface area contributed by atoms with E-state index in [1.807, 2.05) is 25.1 Å². The van der Waals surface area contributed by atoms with Gasteiger partial charge in [0.1, 0.15) is 18.9 Å². The Morgan fingerprint density at radius 2 is 1.92 bits per heavy atom. The summed E-state index contributed by atoms with van der Waals surface area (Å²) in [6.07, 6.45) is 1.75. The first-order valence-corrected chi connectivity index (χ1v) is 8.84. The molecule has 0 spiro atoms. The number of benzene rings is 2. The average molecular weight is 387 g/mol. The van der Waals surface area contributed by atoms with Crippen LogP contribution in [0.3, 0.4) is 0 Å². The number of carbonyl (C=O) groups is 1. The van der Waals surface area contributed by atoms with Crippen LogP contribution in [0.4, 0.5) is 5.69 Å². The molecule has 0 radical (unpaired) electrons. The summed E-state index contributed by atoms with van der Waals surface area (Å²) in [6.45, 7) is 2.94. The molecule has 1 N–H and O–H groups in total. The van der Waals surface area contributed by atoms with E-state index < -0.39 is 0 Å². The van der Waals surface area contributed by atoms with Crippen LogP contribution in [0.1, 0.15) is 11.1 Å². The monoisotopic (exact) mass is 386 g/mol. The van der Waals surface area contributed by atoms with Gasteiger partial charge in [-0.2, -0.15) is 0 Å². The quantitative estimate of drug-likeness (QED) is 0.630. The molecule has 2 heterocycles.